The van der Waals surface area contributed by atoms with E-state index in [4.69, 9.17) is 4.74 Å². The van der Waals surface area contributed by atoms with Crippen molar-refractivity contribution in [3.05, 3.63) is 54.1 Å². The molecule has 1 aliphatic rings. The van der Waals surface area contributed by atoms with E-state index in [9.17, 15) is 4.79 Å². The lowest BCUT2D eigenvalue weighted by Gasteiger charge is -2.10. The van der Waals surface area contributed by atoms with Gasteiger partial charge in [-0.25, -0.2) is 4.79 Å². The van der Waals surface area contributed by atoms with E-state index in [0.29, 0.717) is 6.04 Å². The molecule has 0 aromatic heterocycles. The zero-order chi connectivity index (χ0) is 16.8. The molecule has 0 heterocycles. The van der Waals surface area contributed by atoms with Gasteiger partial charge in [0.2, 0.25) is 0 Å². The van der Waals surface area contributed by atoms with Gasteiger partial charge in [0.05, 0.1) is 7.11 Å². The van der Waals surface area contributed by atoms with E-state index in [-0.39, 0.29) is 6.03 Å². The summed E-state index contributed by atoms with van der Waals surface area (Å²) in [4.78, 5) is 11.7. The zero-order valence-corrected chi connectivity index (χ0v) is 13.8. The van der Waals surface area contributed by atoms with Crippen LogP contribution in [0.5, 0.6) is 5.75 Å². The van der Waals surface area contributed by atoms with Crippen LogP contribution in [0.25, 0.3) is 0 Å². The molecule has 2 aromatic rings. The van der Waals surface area contributed by atoms with Crippen LogP contribution in [0.4, 0.5) is 16.2 Å². The fourth-order valence-electron chi connectivity index (χ4n) is 2.43. The van der Waals surface area contributed by atoms with Crippen molar-refractivity contribution in [3.8, 4) is 5.75 Å². The molecule has 1 saturated carbocycles. The third-order valence-corrected chi connectivity index (χ3v) is 3.93. The molecule has 2 amide bonds. The van der Waals surface area contributed by atoms with Gasteiger partial charge in [0.25, 0.3) is 0 Å². The van der Waals surface area contributed by atoms with Gasteiger partial charge in [0, 0.05) is 24.0 Å². The summed E-state index contributed by atoms with van der Waals surface area (Å²) < 4.78 is 5.23. The van der Waals surface area contributed by atoms with E-state index in [2.05, 4.69) is 22.0 Å². The molecule has 1 aliphatic carbocycles. The van der Waals surface area contributed by atoms with E-state index in [1.54, 1.807) is 7.11 Å². The minimum absolute atomic E-state index is 0.128. The minimum Gasteiger partial charge on any atom is -0.497 e. The molecule has 0 unspecified atom stereocenters. The molecule has 0 atom stereocenters. The van der Waals surface area contributed by atoms with Crippen LogP contribution >= 0.6 is 0 Å². The minimum atomic E-state index is -0.128. The number of rotatable bonds is 7. The molecule has 0 aliphatic heterocycles. The summed E-state index contributed by atoms with van der Waals surface area (Å²) in [6.45, 7) is 0.835. The Morgan fingerprint density at radius 1 is 1.12 bits per heavy atom. The van der Waals surface area contributed by atoms with Crippen LogP contribution in [0.2, 0.25) is 0 Å². The quantitative estimate of drug-likeness (QED) is 0.728. The summed E-state index contributed by atoms with van der Waals surface area (Å²) in [7, 11) is 1.68. The lowest BCUT2D eigenvalue weighted by atomic mass is 10.1. The first-order valence-electron chi connectivity index (χ1n) is 8.27. The predicted molar refractivity (Wildman–Crippen MR) is 96.8 cm³/mol. The highest BCUT2D eigenvalue weighted by Crippen LogP contribution is 2.19. The topological polar surface area (TPSA) is 62.4 Å². The van der Waals surface area contributed by atoms with E-state index in [1.165, 1.54) is 5.56 Å². The van der Waals surface area contributed by atoms with E-state index in [1.807, 2.05) is 42.5 Å². The van der Waals surface area contributed by atoms with Gasteiger partial charge in [0.1, 0.15) is 5.75 Å². The van der Waals surface area contributed by atoms with Crippen molar-refractivity contribution in [3.63, 3.8) is 0 Å². The zero-order valence-electron chi connectivity index (χ0n) is 13.8. The third kappa shape index (κ3) is 4.91. The number of methoxy groups -OCH3 is 1. The van der Waals surface area contributed by atoms with Crippen LogP contribution in [0, 0.1) is 0 Å². The molecule has 24 heavy (non-hydrogen) atoms. The third-order valence-electron chi connectivity index (χ3n) is 3.93. The Bertz CT molecular complexity index is 681. The van der Waals surface area contributed by atoms with Crippen molar-refractivity contribution in [2.24, 2.45) is 0 Å². The predicted octanol–water partition coefficient (Wildman–Crippen LogP) is 3.63. The van der Waals surface area contributed by atoms with Crippen LogP contribution in [-0.4, -0.2) is 25.7 Å². The van der Waals surface area contributed by atoms with Gasteiger partial charge < -0.3 is 20.7 Å². The van der Waals surface area contributed by atoms with Crippen molar-refractivity contribution < 1.29 is 9.53 Å². The van der Waals surface area contributed by atoms with Gasteiger partial charge in [-0.2, -0.15) is 0 Å². The van der Waals surface area contributed by atoms with Crippen LogP contribution < -0.4 is 20.7 Å². The molecule has 0 spiro atoms. The summed E-state index contributed by atoms with van der Waals surface area (Å²) >= 11 is 0. The van der Waals surface area contributed by atoms with Crippen LogP contribution in [0.1, 0.15) is 18.4 Å². The molecular weight excluding hydrogens is 302 g/mol. The summed E-state index contributed by atoms with van der Waals surface area (Å²) in [5.74, 6) is 0.882. The molecule has 3 N–H and O–H groups in total. The Hall–Kier alpha value is -2.69. The standard InChI is InChI=1S/C19H23N3O2/c1-24-18-4-2-3-14(13-18)11-12-20-15-5-7-16(8-6-15)21-19(23)22-17-9-10-17/h2-8,13,17,20H,9-12H2,1H3,(H2,21,22,23). The first-order valence-corrected chi connectivity index (χ1v) is 8.27. The molecule has 0 radical (unpaired) electrons. The summed E-state index contributed by atoms with van der Waals surface area (Å²) in [6.07, 6.45) is 3.09. The number of nitrogens with one attached hydrogen (secondary N) is 3. The van der Waals surface area contributed by atoms with Gasteiger partial charge >= 0.3 is 6.03 Å². The molecule has 3 rings (SSSR count). The average molecular weight is 325 g/mol. The molecule has 2 aromatic carbocycles. The van der Waals surface area contributed by atoms with Crippen molar-refractivity contribution in [1.82, 2.24) is 5.32 Å². The lowest BCUT2D eigenvalue weighted by molar-refractivity contribution is 0.251. The number of benzene rings is 2. The normalized spacial score (nSPS) is 13.2. The SMILES string of the molecule is COc1cccc(CCNc2ccc(NC(=O)NC3CC3)cc2)c1. The van der Waals surface area contributed by atoms with Gasteiger partial charge in [-0.05, 0) is 61.2 Å². The first kappa shape index (κ1) is 16.2. The number of ether oxygens (including phenoxy) is 1. The summed E-state index contributed by atoms with van der Waals surface area (Å²) in [6, 6.07) is 16.1. The Morgan fingerprint density at radius 3 is 2.58 bits per heavy atom. The first-order chi connectivity index (χ1) is 11.7. The highest BCUT2D eigenvalue weighted by atomic mass is 16.5. The van der Waals surface area contributed by atoms with Gasteiger partial charge in [-0.15, -0.1) is 0 Å². The van der Waals surface area contributed by atoms with Crippen LogP contribution in [0.15, 0.2) is 48.5 Å². The smallest absolute Gasteiger partial charge is 0.319 e. The van der Waals surface area contributed by atoms with Crippen LogP contribution in [-0.2, 0) is 6.42 Å². The van der Waals surface area contributed by atoms with Crippen molar-refractivity contribution in [2.45, 2.75) is 25.3 Å². The van der Waals surface area contributed by atoms with Gasteiger partial charge in [-0.1, -0.05) is 12.1 Å². The molecule has 5 heteroatoms. The molecule has 0 saturated heterocycles. The fraction of sp³-hybridized carbons (Fsp3) is 0.316. The maximum atomic E-state index is 11.7. The second-order valence-electron chi connectivity index (χ2n) is 5.98. The monoisotopic (exact) mass is 325 g/mol. The lowest BCUT2D eigenvalue weighted by Crippen LogP contribution is -2.30. The highest BCUT2D eigenvalue weighted by molar-refractivity contribution is 5.89. The molecule has 5 nitrogen and oxygen atoms in total. The Balaban J connectivity index is 1.44. The number of urea groups is 1. The Morgan fingerprint density at radius 2 is 1.88 bits per heavy atom. The summed E-state index contributed by atoms with van der Waals surface area (Å²) in [5, 5.41) is 9.13. The second kappa shape index (κ2) is 7.73. The van der Waals surface area contributed by atoms with Crippen molar-refractivity contribution in [2.75, 3.05) is 24.3 Å². The number of anilines is 2. The number of carbonyl (C=O) groups excluding carboxylic acids is 1. The van der Waals surface area contributed by atoms with E-state index >= 15 is 0 Å². The largest absolute Gasteiger partial charge is 0.497 e. The highest BCUT2D eigenvalue weighted by Gasteiger charge is 2.23. The number of hydrogen-bond acceptors (Lipinski definition) is 3. The second-order valence-corrected chi connectivity index (χ2v) is 5.98. The Kier molecular flexibility index (Phi) is 5.21. The van der Waals surface area contributed by atoms with Crippen molar-refractivity contribution in [1.29, 1.82) is 0 Å². The molecular formula is C19H23N3O2. The van der Waals surface area contributed by atoms with Crippen molar-refractivity contribution >= 4 is 17.4 Å². The Labute approximate surface area is 142 Å². The van der Waals surface area contributed by atoms with Gasteiger partial charge in [0.15, 0.2) is 0 Å². The molecule has 126 valence electrons. The number of carbonyl (C=O) groups is 1. The average Bonchev–Trinajstić information content (AvgIpc) is 3.40. The molecule has 1 fully saturated rings. The maximum Gasteiger partial charge on any atom is 0.319 e. The van der Waals surface area contributed by atoms with Gasteiger partial charge in [-0.3, -0.25) is 0 Å². The molecule has 0 bridgehead atoms. The number of hydrogen-bond donors (Lipinski definition) is 3. The van der Waals surface area contributed by atoms with E-state index < -0.39 is 0 Å². The van der Waals surface area contributed by atoms with E-state index in [0.717, 1.165) is 42.9 Å². The number of amides is 2. The fourth-order valence-corrected chi connectivity index (χ4v) is 2.43. The summed E-state index contributed by atoms with van der Waals surface area (Å²) in [5.41, 5.74) is 3.06. The maximum absolute atomic E-state index is 11.7. The van der Waals surface area contributed by atoms with Crippen LogP contribution in [0.3, 0.4) is 0 Å².